The van der Waals surface area contributed by atoms with Crippen molar-refractivity contribution in [3.05, 3.63) is 44.5 Å². The summed E-state index contributed by atoms with van der Waals surface area (Å²) in [5.41, 5.74) is 2.93. The van der Waals surface area contributed by atoms with Gasteiger partial charge in [0.2, 0.25) is 0 Å². The summed E-state index contributed by atoms with van der Waals surface area (Å²) in [5.74, 6) is -1.67. The third kappa shape index (κ3) is 9.70. The summed E-state index contributed by atoms with van der Waals surface area (Å²) in [7, 11) is 4.81. The average molecular weight is 676 g/mol. The Kier molecular flexibility index (Phi) is 13.7. The van der Waals surface area contributed by atoms with Gasteiger partial charge in [0.1, 0.15) is 13.3 Å². The maximum absolute atomic E-state index is 12.8. The van der Waals surface area contributed by atoms with E-state index < -0.39 is 18.6 Å². The van der Waals surface area contributed by atoms with E-state index in [9.17, 15) is 9.18 Å². The van der Waals surface area contributed by atoms with Crippen LogP contribution in [0.4, 0.5) is 4.39 Å². The standard InChI is InChI=1S/C25H32FIN2O5.C2H2O4/c1-31-21-12-17-6-10-29(16-18(17)13-22(21)32-2)9-5-4-8-28-25(30)20-14-19(27)15-23(33-3)24(20)34-11-7-26;3-1(4)2(5)6/h12-15H,4-11,16H2,1-3H3,(H,28,30);(H,3,4)(H,5,6). The topological polar surface area (TPSA) is 144 Å². The lowest BCUT2D eigenvalue weighted by Gasteiger charge is -2.29. The third-order valence-corrected chi connectivity index (χ3v) is 6.60. The molecule has 13 heteroatoms. The highest BCUT2D eigenvalue weighted by molar-refractivity contribution is 14.1. The number of halogens is 2. The van der Waals surface area contributed by atoms with Gasteiger partial charge in [0.05, 0.1) is 26.9 Å². The molecule has 0 saturated carbocycles. The fourth-order valence-corrected chi connectivity index (χ4v) is 4.66. The number of benzene rings is 2. The molecule has 0 atom stereocenters. The Balaban J connectivity index is 0.000000840. The van der Waals surface area contributed by atoms with E-state index in [0.717, 1.165) is 54.0 Å². The van der Waals surface area contributed by atoms with Crippen LogP contribution in [0.3, 0.4) is 0 Å². The predicted octanol–water partition coefficient (Wildman–Crippen LogP) is 3.39. The molecule has 0 aromatic heterocycles. The van der Waals surface area contributed by atoms with Gasteiger partial charge in [-0.15, -0.1) is 0 Å². The number of alkyl halides is 1. The summed E-state index contributed by atoms with van der Waals surface area (Å²) in [6.07, 6.45) is 2.79. The van der Waals surface area contributed by atoms with Gasteiger partial charge in [0, 0.05) is 23.2 Å². The number of ether oxygens (including phenoxy) is 4. The Hall–Kier alpha value is -3.33. The summed E-state index contributed by atoms with van der Waals surface area (Å²) in [6, 6.07) is 7.62. The minimum Gasteiger partial charge on any atom is -0.493 e. The second-order valence-corrected chi connectivity index (χ2v) is 9.84. The number of amides is 1. The van der Waals surface area contributed by atoms with Crippen molar-refractivity contribution in [1.29, 1.82) is 0 Å². The number of carboxylic acid groups (broad SMARTS) is 2. The highest BCUT2D eigenvalue weighted by atomic mass is 127. The molecule has 2 aromatic rings. The average Bonchev–Trinajstić information content (AvgIpc) is 2.95. The quantitative estimate of drug-likeness (QED) is 0.174. The summed E-state index contributed by atoms with van der Waals surface area (Å²) in [5, 5.41) is 17.7. The van der Waals surface area contributed by atoms with E-state index in [-0.39, 0.29) is 18.3 Å². The maximum Gasteiger partial charge on any atom is 0.414 e. The number of rotatable bonds is 12. The van der Waals surface area contributed by atoms with Gasteiger partial charge in [0.15, 0.2) is 23.0 Å². The number of carboxylic acids is 2. The lowest BCUT2D eigenvalue weighted by molar-refractivity contribution is -0.159. The zero-order valence-corrected chi connectivity index (χ0v) is 24.8. The van der Waals surface area contributed by atoms with Crippen LogP contribution in [0, 0.1) is 3.57 Å². The molecule has 0 unspecified atom stereocenters. The molecule has 3 N–H and O–H groups in total. The van der Waals surface area contributed by atoms with Crippen LogP contribution in [0.25, 0.3) is 0 Å². The summed E-state index contributed by atoms with van der Waals surface area (Å²) >= 11 is 2.12. The van der Waals surface area contributed by atoms with Crippen molar-refractivity contribution in [3.63, 3.8) is 0 Å². The van der Waals surface area contributed by atoms with Gasteiger partial charge in [0.25, 0.3) is 5.91 Å². The molecule has 0 spiro atoms. The molecular weight excluding hydrogens is 642 g/mol. The van der Waals surface area contributed by atoms with Gasteiger partial charge in [-0.2, -0.15) is 0 Å². The van der Waals surface area contributed by atoms with E-state index in [2.05, 4.69) is 44.9 Å². The molecule has 0 fully saturated rings. The van der Waals surface area contributed by atoms with Crippen LogP contribution < -0.4 is 24.3 Å². The Morgan fingerprint density at radius 1 is 0.950 bits per heavy atom. The molecule has 220 valence electrons. The molecule has 0 aliphatic carbocycles. The Morgan fingerprint density at radius 2 is 1.57 bits per heavy atom. The number of nitrogens with one attached hydrogen (secondary N) is 1. The highest BCUT2D eigenvalue weighted by Gasteiger charge is 2.20. The number of hydrogen-bond acceptors (Lipinski definition) is 8. The molecule has 1 heterocycles. The molecule has 1 aliphatic heterocycles. The van der Waals surface area contributed by atoms with Crippen LogP contribution in [0.1, 0.15) is 34.3 Å². The monoisotopic (exact) mass is 676 g/mol. The van der Waals surface area contributed by atoms with Crippen LogP contribution >= 0.6 is 22.6 Å². The second kappa shape index (κ2) is 16.7. The van der Waals surface area contributed by atoms with Crippen molar-refractivity contribution in [3.8, 4) is 23.0 Å². The van der Waals surface area contributed by atoms with Crippen molar-refractivity contribution < 1.29 is 47.9 Å². The number of nitrogens with zero attached hydrogens (tertiary/aromatic N) is 1. The molecule has 11 nitrogen and oxygen atoms in total. The molecule has 1 aliphatic rings. The molecule has 0 radical (unpaired) electrons. The minimum absolute atomic E-state index is 0.130. The van der Waals surface area contributed by atoms with E-state index in [1.165, 1.54) is 18.2 Å². The highest BCUT2D eigenvalue weighted by Crippen LogP contribution is 2.34. The van der Waals surface area contributed by atoms with Gasteiger partial charge in [-0.05, 0) is 83.8 Å². The van der Waals surface area contributed by atoms with Crippen molar-refractivity contribution in [2.75, 3.05) is 54.2 Å². The number of carbonyl (C=O) groups excluding carboxylic acids is 1. The molecule has 1 amide bonds. The van der Waals surface area contributed by atoms with Gasteiger partial charge >= 0.3 is 11.9 Å². The summed E-state index contributed by atoms with van der Waals surface area (Å²) in [4.78, 5) is 33.4. The van der Waals surface area contributed by atoms with Crippen LogP contribution in [-0.4, -0.2) is 87.2 Å². The van der Waals surface area contributed by atoms with Gasteiger partial charge < -0.3 is 34.5 Å². The molecule has 3 rings (SSSR count). The zero-order valence-electron chi connectivity index (χ0n) is 22.6. The van der Waals surface area contributed by atoms with E-state index in [1.807, 2.05) is 0 Å². The third-order valence-electron chi connectivity index (χ3n) is 5.97. The molecule has 40 heavy (non-hydrogen) atoms. The Morgan fingerprint density at radius 3 is 2.15 bits per heavy atom. The first kappa shape index (κ1) is 32.9. The first-order valence-corrected chi connectivity index (χ1v) is 13.5. The molecule has 0 saturated heterocycles. The Bertz CT molecular complexity index is 1170. The summed E-state index contributed by atoms with van der Waals surface area (Å²) < 4.78 is 35.1. The number of aliphatic carboxylic acids is 2. The first-order chi connectivity index (χ1) is 19.1. The lowest BCUT2D eigenvalue weighted by atomic mass is 9.98. The van der Waals surface area contributed by atoms with Crippen molar-refractivity contribution in [2.45, 2.75) is 25.8 Å². The SMILES string of the molecule is COc1cc2c(cc1OC)CN(CCCCNC(=O)c1cc(I)cc(OC)c1OCCF)CC2.O=C(O)C(=O)O. The largest absolute Gasteiger partial charge is 0.493 e. The van der Waals surface area contributed by atoms with Gasteiger partial charge in [-0.1, -0.05) is 0 Å². The number of methoxy groups -OCH3 is 3. The maximum atomic E-state index is 12.8. The number of unbranched alkanes of at least 4 members (excludes halogenated alkanes) is 1. The zero-order chi connectivity index (χ0) is 29.7. The van der Waals surface area contributed by atoms with Crippen LogP contribution in [0.15, 0.2) is 24.3 Å². The van der Waals surface area contributed by atoms with E-state index in [1.54, 1.807) is 26.4 Å². The smallest absolute Gasteiger partial charge is 0.414 e. The molecule has 0 bridgehead atoms. The number of fused-ring (bicyclic) bond motifs is 1. The van der Waals surface area contributed by atoms with Crippen LogP contribution in [0.2, 0.25) is 0 Å². The minimum atomic E-state index is -1.82. The number of hydrogen-bond donors (Lipinski definition) is 3. The number of carbonyl (C=O) groups is 3. The fraction of sp³-hybridized carbons (Fsp3) is 0.444. The normalized spacial score (nSPS) is 12.3. The van der Waals surface area contributed by atoms with Crippen molar-refractivity contribution in [2.24, 2.45) is 0 Å². The predicted molar refractivity (Wildman–Crippen MR) is 153 cm³/mol. The van der Waals surface area contributed by atoms with Crippen molar-refractivity contribution in [1.82, 2.24) is 10.2 Å². The van der Waals surface area contributed by atoms with Gasteiger partial charge in [-0.3, -0.25) is 9.69 Å². The summed E-state index contributed by atoms with van der Waals surface area (Å²) in [6.45, 7) is 2.59. The van der Waals surface area contributed by atoms with Crippen LogP contribution in [0.5, 0.6) is 23.0 Å². The van der Waals surface area contributed by atoms with Crippen LogP contribution in [-0.2, 0) is 22.6 Å². The second-order valence-electron chi connectivity index (χ2n) is 8.60. The lowest BCUT2D eigenvalue weighted by Crippen LogP contribution is -2.32. The van der Waals surface area contributed by atoms with Gasteiger partial charge in [-0.25, -0.2) is 14.0 Å². The molecular formula is C27H34FIN2O9. The first-order valence-electron chi connectivity index (χ1n) is 12.4. The Labute approximate surface area is 245 Å². The fourth-order valence-electron chi connectivity index (χ4n) is 4.07. The molecule has 2 aromatic carbocycles. The van der Waals surface area contributed by atoms with Crippen molar-refractivity contribution >= 4 is 40.4 Å². The van der Waals surface area contributed by atoms with E-state index >= 15 is 0 Å². The van der Waals surface area contributed by atoms with E-state index in [4.69, 9.17) is 38.7 Å². The van der Waals surface area contributed by atoms with E-state index in [0.29, 0.717) is 17.9 Å².